The van der Waals surface area contributed by atoms with Crippen LogP contribution in [0.25, 0.3) is 0 Å². The Morgan fingerprint density at radius 2 is 2.24 bits per heavy atom. The molecule has 1 saturated heterocycles. The Labute approximate surface area is 145 Å². The summed E-state index contributed by atoms with van der Waals surface area (Å²) in [6, 6.07) is 1.54. The van der Waals surface area contributed by atoms with E-state index in [4.69, 9.17) is 9.47 Å². The SMILES string of the molecule is CCOc1ncncc1NC(=O)c1ccnc(NCC2(C)COC2)n1. The molecule has 2 aromatic rings. The average molecular weight is 344 g/mol. The number of carbonyl (C=O) groups is 1. The molecule has 3 rings (SSSR count). The van der Waals surface area contributed by atoms with Gasteiger partial charge in [-0.2, -0.15) is 4.98 Å². The van der Waals surface area contributed by atoms with Crippen LogP contribution in [0.2, 0.25) is 0 Å². The van der Waals surface area contributed by atoms with Gasteiger partial charge in [0, 0.05) is 18.2 Å². The van der Waals surface area contributed by atoms with Crippen LogP contribution in [0.4, 0.5) is 11.6 Å². The van der Waals surface area contributed by atoms with E-state index in [0.29, 0.717) is 43.9 Å². The van der Waals surface area contributed by atoms with Gasteiger partial charge >= 0.3 is 0 Å². The smallest absolute Gasteiger partial charge is 0.274 e. The zero-order chi connectivity index (χ0) is 17.7. The summed E-state index contributed by atoms with van der Waals surface area (Å²) in [6.07, 6.45) is 4.38. The molecule has 0 saturated carbocycles. The van der Waals surface area contributed by atoms with Gasteiger partial charge < -0.3 is 20.1 Å². The monoisotopic (exact) mass is 344 g/mol. The van der Waals surface area contributed by atoms with Gasteiger partial charge in [0.05, 0.1) is 26.0 Å². The Morgan fingerprint density at radius 1 is 1.40 bits per heavy atom. The lowest BCUT2D eigenvalue weighted by molar-refractivity contribution is -0.0925. The molecule has 2 N–H and O–H groups in total. The van der Waals surface area contributed by atoms with Gasteiger partial charge in [0.2, 0.25) is 11.8 Å². The van der Waals surface area contributed by atoms with Crippen LogP contribution in [0.5, 0.6) is 5.88 Å². The molecule has 0 aromatic carbocycles. The molecule has 0 atom stereocenters. The third kappa shape index (κ3) is 4.18. The molecule has 25 heavy (non-hydrogen) atoms. The van der Waals surface area contributed by atoms with Crippen molar-refractivity contribution in [2.24, 2.45) is 5.41 Å². The molecule has 0 bridgehead atoms. The molecule has 1 fully saturated rings. The van der Waals surface area contributed by atoms with E-state index in [1.807, 2.05) is 6.92 Å². The third-order valence-electron chi connectivity index (χ3n) is 3.67. The first kappa shape index (κ1) is 17.0. The van der Waals surface area contributed by atoms with Gasteiger partial charge in [0.25, 0.3) is 5.91 Å². The first-order chi connectivity index (χ1) is 12.1. The zero-order valence-electron chi connectivity index (χ0n) is 14.2. The maximum absolute atomic E-state index is 12.4. The molecule has 3 heterocycles. The van der Waals surface area contributed by atoms with Crippen molar-refractivity contribution in [3.8, 4) is 5.88 Å². The molecule has 9 heteroatoms. The van der Waals surface area contributed by atoms with Crippen molar-refractivity contribution >= 4 is 17.5 Å². The van der Waals surface area contributed by atoms with Crippen LogP contribution in [0, 0.1) is 5.41 Å². The summed E-state index contributed by atoms with van der Waals surface area (Å²) in [5.74, 6) is 0.325. The van der Waals surface area contributed by atoms with Crippen LogP contribution >= 0.6 is 0 Å². The summed E-state index contributed by atoms with van der Waals surface area (Å²) in [6.45, 7) is 6.47. The third-order valence-corrected chi connectivity index (χ3v) is 3.67. The van der Waals surface area contributed by atoms with Crippen LogP contribution in [-0.2, 0) is 4.74 Å². The summed E-state index contributed by atoms with van der Waals surface area (Å²) in [4.78, 5) is 28.7. The summed E-state index contributed by atoms with van der Waals surface area (Å²) < 4.78 is 10.6. The number of carbonyl (C=O) groups excluding carboxylic acids is 1. The number of rotatable bonds is 7. The number of hydrogen-bond donors (Lipinski definition) is 2. The van der Waals surface area contributed by atoms with E-state index < -0.39 is 0 Å². The molecule has 1 amide bonds. The fourth-order valence-corrected chi connectivity index (χ4v) is 2.26. The number of hydrogen-bond acceptors (Lipinski definition) is 8. The zero-order valence-corrected chi connectivity index (χ0v) is 14.2. The van der Waals surface area contributed by atoms with E-state index in [1.165, 1.54) is 18.7 Å². The van der Waals surface area contributed by atoms with Crippen molar-refractivity contribution in [3.05, 3.63) is 30.5 Å². The van der Waals surface area contributed by atoms with E-state index in [2.05, 4.69) is 37.5 Å². The maximum Gasteiger partial charge on any atom is 0.274 e. The largest absolute Gasteiger partial charge is 0.476 e. The van der Waals surface area contributed by atoms with Gasteiger partial charge in [0.15, 0.2) is 0 Å². The van der Waals surface area contributed by atoms with Crippen molar-refractivity contribution in [1.29, 1.82) is 0 Å². The topological polar surface area (TPSA) is 111 Å². The number of ether oxygens (including phenoxy) is 2. The first-order valence-electron chi connectivity index (χ1n) is 7.98. The van der Waals surface area contributed by atoms with Crippen LogP contribution in [0.15, 0.2) is 24.8 Å². The van der Waals surface area contributed by atoms with Crippen LogP contribution in [-0.4, -0.2) is 52.2 Å². The number of aromatic nitrogens is 4. The van der Waals surface area contributed by atoms with E-state index in [-0.39, 0.29) is 17.0 Å². The molecule has 0 spiro atoms. The van der Waals surface area contributed by atoms with Gasteiger partial charge in [-0.3, -0.25) is 4.79 Å². The minimum absolute atomic E-state index is 0.0788. The molecule has 0 radical (unpaired) electrons. The van der Waals surface area contributed by atoms with Crippen molar-refractivity contribution in [3.63, 3.8) is 0 Å². The predicted molar refractivity (Wildman–Crippen MR) is 90.6 cm³/mol. The van der Waals surface area contributed by atoms with Gasteiger partial charge in [-0.05, 0) is 13.0 Å². The van der Waals surface area contributed by atoms with Crippen molar-refractivity contribution in [2.45, 2.75) is 13.8 Å². The number of anilines is 2. The van der Waals surface area contributed by atoms with Gasteiger partial charge in [-0.1, -0.05) is 6.92 Å². The second kappa shape index (κ2) is 7.39. The molecule has 132 valence electrons. The maximum atomic E-state index is 12.4. The van der Waals surface area contributed by atoms with Crippen LogP contribution in [0.1, 0.15) is 24.3 Å². The second-order valence-corrected chi connectivity index (χ2v) is 6.05. The Morgan fingerprint density at radius 3 is 2.96 bits per heavy atom. The Hall–Kier alpha value is -2.81. The highest BCUT2D eigenvalue weighted by molar-refractivity contribution is 6.03. The molecule has 9 nitrogen and oxygen atoms in total. The van der Waals surface area contributed by atoms with E-state index >= 15 is 0 Å². The Kier molecular flexibility index (Phi) is 5.03. The van der Waals surface area contributed by atoms with Crippen molar-refractivity contribution in [1.82, 2.24) is 19.9 Å². The van der Waals surface area contributed by atoms with Crippen LogP contribution in [0.3, 0.4) is 0 Å². The van der Waals surface area contributed by atoms with Crippen molar-refractivity contribution < 1.29 is 14.3 Å². The Bertz CT molecular complexity index is 750. The van der Waals surface area contributed by atoms with Gasteiger partial charge in [-0.25, -0.2) is 15.0 Å². The van der Waals surface area contributed by atoms with Crippen LogP contribution < -0.4 is 15.4 Å². The molecule has 2 aromatic heterocycles. The lowest BCUT2D eigenvalue weighted by atomic mass is 9.89. The summed E-state index contributed by atoms with van der Waals surface area (Å²) in [5.41, 5.74) is 0.704. The summed E-state index contributed by atoms with van der Waals surface area (Å²) in [7, 11) is 0. The second-order valence-electron chi connectivity index (χ2n) is 6.05. The number of nitrogens with zero attached hydrogens (tertiary/aromatic N) is 4. The molecule has 1 aliphatic heterocycles. The molecular formula is C16H20N6O3. The molecular weight excluding hydrogens is 324 g/mol. The number of amides is 1. The van der Waals surface area contributed by atoms with Gasteiger partial charge in [0.1, 0.15) is 17.7 Å². The standard InChI is InChI=1S/C16H20N6O3/c1-3-25-14-12(6-17-10-20-14)21-13(23)11-4-5-18-15(22-11)19-7-16(2)8-24-9-16/h4-6,10H,3,7-9H2,1-2H3,(H,21,23)(H,18,19,22). The minimum Gasteiger partial charge on any atom is -0.476 e. The highest BCUT2D eigenvalue weighted by Crippen LogP contribution is 2.26. The van der Waals surface area contributed by atoms with Crippen molar-refractivity contribution in [2.75, 3.05) is 37.0 Å². The van der Waals surface area contributed by atoms with E-state index in [9.17, 15) is 4.79 Å². The Balaban J connectivity index is 1.67. The fourth-order valence-electron chi connectivity index (χ4n) is 2.26. The average Bonchev–Trinajstić information content (AvgIpc) is 2.60. The normalized spacial score (nSPS) is 15.1. The fraction of sp³-hybridized carbons (Fsp3) is 0.438. The summed E-state index contributed by atoms with van der Waals surface area (Å²) in [5, 5.41) is 5.85. The summed E-state index contributed by atoms with van der Waals surface area (Å²) >= 11 is 0. The highest BCUT2D eigenvalue weighted by Gasteiger charge is 2.33. The van der Waals surface area contributed by atoms with E-state index in [1.54, 1.807) is 6.07 Å². The lowest BCUT2D eigenvalue weighted by Crippen LogP contribution is -2.45. The minimum atomic E-state index is -0.389. The lowest BCUT2D eigenvalue weighted by Gasteiger charge is -2.37. The predicted octanol–water partition coefficient (Wildman–Crippen LogP) is 1.37. The quantitative estimate of drug-likeness (QED) is 0.774. The van der Waals surface area contributed by atoms with Gasteiger partial charge in [-0.15, -0.1) is 0 Å². The molecule has 0 aliphatic carbocycles. The number of nitrogens with one attached hydrogen (secondary N) is 2. The molecule has 1 aliphatic rings. The highest BCUT2D eigenvalue weighted by atomic mass is 16.5. The molecule has 0 unspecified atom stereocenters. The first-order valence-corrected chi connectivity index (χ1v) is 7.98. The van der Waals surface area contributed by atoms with E-state index in [0.717, 1.165) is 0 Å².